The van der Waals surface area contributed by atoms with Crippen molar-refractivity contribution in [1.82, 2.24) is 0 Å². The number of thiophene rings is 1. The van der Waals surface area contributed by atoms with Crippen LogP contribution >= 0.6 is 11.3 Å². The van der Waals surface area contributed by atoms with E-state index >= 15 is 0 Å². The van der Waals surface area contributed by atoms with Gasteiger partial charge in [0, 0.05) is 26.7 Å². The Balaban J connectivity index is 1.16. The molecule has 2 heteroatoms. The van der Waals surface area contributed by atoms with Crippen molar-refractivity contribution in [3.63, 3.8) is 0 Å². The van der Waals surface area contributed by atoms with E-state index in [0.717, 1.165) is 11.4 Å². The van der Waals surface area contributed by atoms with E-state index < -0.39 is 0 Å². The van der Waals surface area contributed by atoms with Gasteiger partial charge >= 0.3 is 0 Å². The van der Waals surface area contributed by atoms with Crippen molar-refractivity contribution < 1.29 is 0 Å². The summed E-state index contributed by atoms with van der Waals surface area (Å²) < 4.78 is 2.58. The average Bonchev–Trinajstić information content (AvgIpc) is 3.59. The highest BCUT2D eigenvalue weighted by Crippen LogP contribution is 2.48. The van der Waals surface area contributed by atoms with E-state index in [0.29, 0.717) is 0 Å². The first-order valence-electron chi connectivity index (χ1n) is 17.8. The minimum Gasteiger partial charge on any atom is -0.308 e. The maximum Gasteiger partial charge on any atom is 0.0640 e. The number of nitrogens with zero attached hydrogens (tertiary/aromatic N) is 1. The topological polar surface area (TPSA) is 3.24 Å². The molecule has 1 nitrogen and oxygen atoms in total. The van der Waals surface area contributed by atoms with Crippen LogP contribution in [0.25, 0.3) is 75.1 Å². The molecule has 9 aromatic carbocycles. The fraction of sp³-hybridized carbons (Fsp3) is 0. The van der Waals surface area contributed by atoms with Gasteiger partial charge in [-0.3, -0.25) is 0 Å². The normalized spacial score (nSPS) is 11.5. The van der Waals surface area contributed by atoms with Gasteiger partial charge in [0.05, 0.1) is 16.1 Å². The molecule has 10 aromatic rings. The zero-order valence-electron chi connectivity index (χ0n) is 28.4. The van der Waals surface area contributed by atoms with Crippen LogP contribution in [0, 0.1) is 0 Å². The summed E-state index contributed by atoms with van der Waals surface area (Å²) in [5, 5.41) is 7.65. The lowest BCUT2D eigenvalue weighted by atomic mass is 9.92. The van der Waals surface area contributed by atoms with Gasteiger partial charge < -0.3 is 4.90 Å². The molecule has 0 fully saturated rings. The zero-order chi connectivity index (χ0) is 34.4. The van der Waals surface area contributed by atoms with Crippen LogP contribution in [0.3, 0.4) is 0 Å². The van der Waals surface area contributed by atoms with Gasteiger partial charge in [0.15, 0.2) is 0 Å². The molecule has 0 bridgehead atoms. The molecule has 0 spiro atoms. The maximum absolute atomic E-state index is 2.46. The summed E-state index contributed by atoms with van der Waals surface area (Å²) in [7, 11) is 0. The third kappa shape index (κ3) is 5.16. The number of fused-ring (bicyclic) bond motifs is 5. The average molecular weight is 680 g/mol. The molecule has 0 saturated carbocycles. The predicted octanol–water partition coefficient (Wildman–Crippen LogP) is 14.8. The van der Waals surface area contributed by atoms with Crippen LogP contribution in [0.4, 0.5) is 17.1 Å². The van der Waals surface area contributed by atoms with Crippen molar-refractivity contribution in [1.29, 1.82) is 0 Å². The van der Waals surface area contributed by atoms with Crippen LogP contribution < -0.4 is 4.90 Å². The first-order valence-corrected chi connectivity index (χ1v) is 18.6. The molecule has 10 rings (SSSR count). The molecule has 244 valence electrons. The molecular formula is C50H33NS. The second-order valence-electron chi connectivity index (χ2n) is 13.3. The molecule has 0 atom stereocenters. The maximum atomic E-state index is 2.46. The van der Waals surface area contributed by atoms with E-state index in [1.165, 1.54) is 80.8 Å². The molecule has 1 aromatic heterocycles. The van der Waals surface area contributed by atoms with Gasteiger partial charge in [-0.1, -0.05) is 164 Å². The molecule has 0 aliphatic heterocycles. The largest absolute Gasteiger partial charge is 0.308 e. The Bertz CT molecular complexity index is 2890. The van der Waals surface area contributed by atoms with Crippen molar-refractivity contribution >= 4 is 70.1 Å². The smallest absolute Gasteiger partial charge is 0.0640 e. The molecule has 0 N–H and O–H groups in total. The number of rotatable bonds is 6. The molecule has 52 heavy (non-hydrogen) atoms. The fourth-order valence-electron chi connectivity index (χ4n) is 7.79. The van der Waals surface area contributed by atoms with E-state index in [1.54, 1.807) is 0 Å². The van der Waals surface area contributed by atoms with Crippen LogP contribution in [0.2, 0.25) is 0 Å². The van der Waals surface area contributed by atoms with Crippen LogP contribution in [0.5, 0.6) is 0 Å². The van der Waals surface area contributed by atoms with Crippen molar-refractivity contribution in [3.05, 3.63) is 200 Å². The minimum absolute atomic E-state index is 1.12. The Kier molecular flexibility index (Phi) is 7.41. The first kappa shape index (κ1) is 30.4. The van der Waals surface area contributed by atoms with Gasteiger partial charge in [-0.05, 0) is 85.8 Å². The number of benzene rings is 9. The fourth-order valence-corrected chi connectivity index (χ4v) is 9.03. The minimum atomic E-state index is 1.12. The summed E-state index contributed by atoms with van der Waals surface area (Å²) in [6, 6.07) is 72.8. The molecule has 0 saturated heterocycles. The highest BCUT2D eigenvalue weighted by Gasteiger charge is 2.21. The quantitative estimate of drug-likeness (QED) is 0.169. The summed E-state index contributed by atoms with van der Waals surface area (Å²) in [6.45, 7) is 0. The molecular weight excluding hydrogens is 647 g/mol. The predicted molar refractivity (Wildman–Crippen MR) is 225 cm³/mol. The summed E-state index contributed by atoms with van der Waals surface area (Å²) >= 11 is 1.88. The highest BCUT2D eigenvalue weighted by atomic mass is 32.1. The number of hydrogen-bond donors (Lipinski definition) is 0. The Morgan fingerprint density at radius 1 is 0.327 bits per heavy atom. The van der Waals surface area contributed by atoms with Crippen molar-refractivity contribution in [2.45, 2.75) is 0 Å². The number of para-hydroxylation sites is 1. The van der Waals surface area contributed by atoms with E-state index in [1.807, 2.05) is 11.3 Å². The van der Waals surface area contributed by atoms with Gasteiger partial charge in [-0.25, -0.2) is 0 Å². The monoisotopic (exact) mass is 679 g/mol. The van der Waals surface area contributed by atoms with E-state index in [9.17, 15) is 0 Å². The Labute approximate surface area is 307 Å². The lowest BCUT2D eigenvalue weighted by Crippen LogP contribution is -2.11. The first-order chi connectivity index (χ1) is 25.8. The van der Waals surface area contributed by atoms with Gasteiger partial charge in [0.25, 0.3) is 0 Å². The summed E-state index contributed by atoms with van der Waals surface area (Å²) in [6.07, 6.45) is 0. The molecule has 0 radical (unpaired) electrons. The molecule has 0 aliphatic rings. The van der Waals surface area contributed by atoms with Crippen LogP contribution in [-0.2, 0) is 0 Å². The number of hydrogen-bond acceptors (Lipinski definition) is 2. The molecule has 1 heterocycles. The Morgan fingerprint density at radius 2 is 0.846 bits per heavy atom. The third-order valence-corrected chi connectivity index (χ3v) is 11.5. The van der Waals surface area contributed by atoms with Crippen LogP contribution in [0.15, 0.2) is 200 Å². The van der Waals surface area contributed by atoms with E-state index in [4.69, 9.17) is 0 Å². The molecule has 0 unspecified atom stereocenters. The number of anilines is 3. The lowest BCUT2D eigenvalue weighted by molar-refractivity contribution is 1.30. The molecule has 0 aliphatic carbocycles. The standard InChI is InChI=1S/C50H33NS/c1-3-14-34(15-4-1)40-30-31-41(44-22-10-9-21-43(40)44)36-26-28-39(29-27-36)51(47-24-12-11-20-42(47)35-16-5-2-6-17-35)48-25-13-23-45-46-32-37-18-7-8-19-38(37)33-49(46)52-50(45)48/h1-33H. The van der Waals surface area contributed by atoms with Gasteiger partial charge in [-0.2, -0.15) is 0 Å². The Morgan fingerprint density at radius 3 is 1.54 bits per heavy atom. The third-order valence-electron chi connectivity index (χ3n) is 10.3. The Hall–Kier alpha value is -6.48. The van der Waals surface area contributed by atoms with Crippen LogP contribution in [0.1, 0.15) is 0 Å². The second kappa shape index (κ2) is 12.7. The van der Waals surface area contributed by atoms with Crippen LogP contribution in [-0.4, -0.2) is 0 Å². The van der Waals surface area contributed by atoms with E-state index in [2.05, 4.69) is 205 Å². The summed E-state index contributed by atoms with van der Waals surface area (Å²) in [5.74, 6) is 0. The van der Waals surface area contributed by atoms with Crippen molar-refractivity contribution in [3.8, 4) is 33.4 Å². The summed E-state index contributed by atoms with van der Waals surface area (Å²) in [4.78, 5) is 2.46. The van der Waals surface area contributed by atoms with Gasteiger partial charge in [0.2, 0.25) is 0 Å². The van der Waals surface area contributed by atoms with Crippen molar-refractivity contribution in [2.75, 3.05) is 4.90 Å². The lowest BCUT2D eigenvalue weighted by Gasteiger charge is -2.28. The van der Waals surface area contributed by atoms with Crippen molar-refractivity contribution in [2.24, 2.45) is 0 Å². The second-order valence-corrected chi connectivity index (χ2v) is 14.3. The zero-order valence-corrected chi connectivity index (χ0v) is 29.2. The van der Waals surface area contributed by atoms with Gasteiger partial charge in [0.1, 0.15) is 0 Å². The summed E-state index contributed by atoms with van der Waals surface area (Å²) in [5.41, 5.74) is 10.7. The molecule has 0 amide bonds. The van der Waals surface area contributed by atoms with Gasteiger partial charge in [-0.15, -0.1) is 11.3 Å². The highest BCUT2D eigenvalue weighted by molar-refractivity contribution is 7.26. The van der Waals surface area contributed by atoms with E-state index in [-0.39, 0.29) is 0 Å². The SMILES string of the molecule is c1ccc(-c2ccccc2N(c2ccc(-c3ccc(-c4ccccc4)c4ccccc34)cc2)c2cccc3c2sc2cc4ccccc4cc23)cc1.